The molecule has 1 aliphatic carbocycles. The van der Waals surface area contributed by atoms with Gasteiger partial charge in [0.25, 0.3) is 0 Å². The SMILES string of the molecule is Cn1c(O)[n+](C)c2c(c1=O)C(c1ccc(OC(=O)c3ccccc3)cc1)C1=C(O)c3ccccc3C1=[NH+]2. The topological polar surface area (TPSA) is 107 Å². The molecule has 1 unspecified atom stereocenters. The first-order valence-corrected chi connectivity index (χ1v) is 11.7. The van der Waals surface area contributed by atoms with Gasteiger partial charge in [-0.25, -0.2) is 14.6 Å². The van der Waals surface area contributed by atoms with E-state index in [9.17, 15) is 19.8 Å². The molecule has 0 saturated carbocycles. The second-order valence-electron chi connectivity index (χ2n) is 9.05. The van der Waals surface area contributed by atoms with Gasteiger partial charge in [0.15, 0.2) is 11.3 Å². The zero-order valence-electron chi connectivity index (χ0n) is 20.1. The van der Waals surface area contributed by atoms with Gasteiger partial charge in [-0.1, -0.05) is 48.5 Å². The second kappa shape index (κ2) is 8.30. The number of carbonyl (C=O) groups is 1. The lowest BCUT2D eigenvalue weighted by molar-refractivity contribution is -0.723. The summed E-state index contributed by atoms with van der Waals surface area (Å²) in [7, 11) is 3.16. The molecule has 4 aromatic rings. The van der Waals surface area contributed by atoms with E-state index in [1.807, 2.05) is 30.3 Å². The number of hydrogen-bond donors (Lipinski definition) is 3. The summed E-state index contributed by atoms with van der Waals surface area (Å²) < 4.78 is 8.22. The van der Waals surface area contributed by atoms with Crippen molar-refractivity contribution in [2.45, 2.75) is 5.92 Å². The van der Waals surface area contributed by atoms with E-state index in [-0.39, 0.29) is 11.8 Å². The summed E-state index contributed by atoms with van der Waals surface area (Å²) in [5.74, 6) is -0.227. The minimum atomic E-state index is -0.636. The number of hydrogen-bond acceptors (Lipinski definition) is 5. The number of fused-ring (bicyclic) bond motifs is 4. The van der Waals surface area contributed by atoms with Crippen LogP contribution in [0.25, 0.3) is 5.76 Å². The summed E-state index contributed by atoms with van der Waals surface area (Å²) in [4.78, 5) is 29.3. The molecular formula is C29H23N3O5+2. The van der Waals surface area contributed by atoms with Crippen LogP contribution in [0, 0.1) is 0 Å². The van der Waals surface area contributed by atoms with Crippen LogP contribution in [0.15, 0.2) is 89.2 Å². The van der Waals surface area contributed by atoms with E-state index in [2.05, 4.69) is 4.99 Å². The van der Waals surface area contributed by atoms with Crippen molar-refractivity contribution in [1.82, 2.24) is 4.57 Å². The Kier molecular flexibility index (Phi) is 5.05. The number of aromatic nitrogens is 2. The van der Waals surface area contributed by atoms with Gasteiger partial charge in [-0.2, -0.15) is 0 Å². The maximum absolute atomic E-state index is 13.5. The average Bonchev–Trinajstić information content (AvgIpc) is 3.22. The minimum Gasteiger partial charge on any atom is -0.507 e. The number of esters is 1. The van der Waals surface area contributed by atoms with Crippen molar-refractivity contribution >= 4 is 23.3 Å². The van der Waals surface area contributed by atoms with Crippen molar-refractivity contribution in [2.75, 3.05) is 0 Å². The van der Waals surface area contributed by atoms with Crippen LogP contribution in [0.1, 0.15) is 38.5 Å². The third kappa shape index (κ3) is 3.37. The largest absolute Gasteiger partial charge is 0.519 e. The number of allylic oxidation sites excluding steroid dienone is 1. The summed E-state index contributed by atoms with van der Waals surface area (Å²) in [6.07, 6.45) is 0. The van der Waals surface area contributed by atoms with Gasteiger partial charge in [0.2, 0.25) is 0 Å². The molecule has 1 atom stereocenters. The summed E-state index contributed by atoms with van der Waals surface area (Å²) in [6.45, 7) is 0. The molecule has 0 bridgehead atoms. The Morgan fingerprint density at radius 1 is 0.946 bits per heavy atom. The molecule has 0 spiro atoms. The molecule has 0 amide bonds. The molecule has 0 fully saturated rings. The zero-order chi connectivity index (χ0) is 25.8. The standard InChI is InChI=1S/C29H21N3O5/c1-31-26-23(27(34)32(2)29(31)36)21(22-24(30-26)19-10-6-7-11-20(19)25(22)33)16-12-14-18(15-13-16)37-28(35)17-8-4-3-5-9-17/h3-15,21H,1-2H3,(H,30,33,34)/p+2. The van der Waals surface area contributed by atoms with E-state index < -0.39 is 17.4 Å². The highest BCUT2D eigenvalue weighted by Crippen LogP contribution is 2.43. The highest BCUT2D eigenvalue weighted by molar-refractivity contribution is 6.21. The third-order valence-electron chi connectivity index (χ3n) is 6.96. The number of carbonyl (C=O) groups excluding carboxylic acids is 1. The van der Waals surface area contributed by atoms with Crippen molar-refractivity contribution in [3.8, 4) is 11.8 Å². The van der Waals surface area contributed by atoms with Crippen LogP contribution in [-0.2, 0) is 14.1 Å². The van der Waals surface area contributed by atoms with E-state index in [1.54, 1.807) is 55.6 Å². The number of rotatable bonds is 3. The monoisotopic (exact) mass is 493 g/mol. The van der Waals surface area contributed by atoms with Gasteiger partial charge in [-0.15, -0.1) is 9.13 Å². The fourth-order valence-electron chi connectivity index (χ4n) is 5.09. The van der Waals surface area contributed by atoms with Crippen molar-refractivity contribution in [2.24, 2.45) is 14.1 Å². The molecule has 3 N–H and O–H groups in total. The fourth-order valence-corrected chi connectivity index (χ4v) is 5.09. The predicted octanol–water partition coefficient (Wildman–Crippen LogP) is 1.76. The molecule has 1 aromatic heterocycles. The molecule has 0 saturated heterocycles. The van der Waals surface area contributed by atoms with Crippen LogP contribution >= 0.6 is 0 Å². The quantitative estimate of drug-likeness (QED) is 0.229. The highest BCUT2D eigenvalue weighted by atomic mass is 16.5. The predicted molar refractivity (Wildman–Crippen MR) is 135 cm³/mol. The summed E-state index contributed by atoms with van der Waals surface area (Å²) >= 11 is 0. The Morgan fingerprint density at radius 3 is 2.30 bits per heavy atom. The summed E-state index contributed by atoms with van der Waals surface area (Å²) in [5.41, 5.74) is 3.87. The molecule has 8 heteroatoms. The van der Waals surface area contributed by atoms with Crippen molar-refractivity contribution in [1.29, 1.82) is 0 Å². The van der Waals surface area contributed by atoms with Gasteiger partial charge in [-0.05, 0) is 35.9 Å². The number of nitrogens with one attached hydrogen (secondary N) is 1. The van der Waals surface area contributed by atoms with E-state index in [0.717, 1.165) is 11.1 Å². The lowest BCUT2D eigenvalue weighted by Gasteiger charge is -2.22. The molecule has 3 aromatic carbocycles. The highest BCUT2D eigenvalue weighted by Gasteiger charge is 2.47. The van der Waals surface area contributed by atoms with E-state index in [1.165, 1.54) is 16.2 Å². The normalized spacial score (nSPS) is 15.5. The van der Waals surface area contributed by atoms with Gasteiger partial charge < -0.3 is 14.9 Å². The van der Waals surface area contributed by atoms with Crippen LogP contribution in [-0.4, -0.2) is 26.5 Å². The van der Waals surface area contributed by atoms with Gasteiger partial charge in [0, 0.05) is 11.1 Å². The maximum Gasteiger partial charge on any atom is 0.519 e. The Hall–Kier alpha value is -4.98. The molecule has 0 radical (unpaired) electrons. The van der Waals surface area contributed by atoms with Crippen molar-refractivity contribution < 1.29 is 29.3 Å². The molecule has 37 heavy (non-hydrogen) atoms. The van der Waals surface area contributed by atoms with Crippen molar-refractivity contribution in [3.05, 3.63) is 123 Å². The molecule has 2 heterocycles. The summed E-state index contributed by atoms with van der Waals surface area (Å²) in [5, 5.41) is 21.9. The lowest BCUT2D eigenvalue weighted by Crippen LogP contribution is -2.75. The number of benzene rings is 3. The fraction of sp³-hybridized carbons (Fsp3) is 0.103. The number of ether oxygens (including phenoxy) is 1. The van der Waals surface area contributed by atoms with Crippen LogP contribution < -0.4 is 19.9 Å². The second-order valence-corrected chi connectivity index (χ2v) is 9.05. The smallest absolute Gasteiger partial charge is 0.507 e. The van der Waals surface area contributed by atoms with Gasteiger partial charge in [-0.3, -0.25) is 0 Å². The molecule has 1 aliphatic heterocycles. The maximum atomic E-state index is 13.5. The number of aliphatic hydroxyl groups is 1. The lowest BCUT2D eigenvalue weighted by atomic mass is 9.81. The Bertz CT molecular complexity index is 1720. The molecule has 2 aliphatic rings. The number of aliphatic hydroxyl groups excluding tert-OH is 1. The van der Waals surface area contributed by atoms with E-state index >= 15 is 0 Å². The summed E-state index contributed by atoms with van der Waals surface area (Å²) in [6, 6.07) is 22.8. The van der Waals surface area contributed by atoms with Crippen LogP contribution in [0.5, 0.6) is 11.8 Å². The molecule has 8 nitrogen and oxygen atoms in total. The van der Waals surface area contributed by atoms with Gasteiger partial charge >= 0.3 is 23.4 Å². The van der Waals surface area contributed by atoms with Crippen LogP contribution in [0.3, 0.4) is 0 Å². The first kappa shape index (κ1) is 22.5. The Labute approximate surface area is 211 Å². The van der Waals surface area contributed by atoms with Gasteiger partial charge in [0.1, 0.15) is 25.6 Å². The molecule has 6 rings (SSSR count). The first-order chi connectivity index (χ1) is 17.9. The van der Waals surface area contributed by atoms with Crippen LogP contribution in [0.2, 0.25) is 0 Å². The van der Waals surface area contributed by atoms with E-state index in [0.29, 0.717) is 39.5 Å². The molecule has 182 valence electrons. The van der Waals surface area contributed by atoms with Crippen LogP contribution in [0.4, 0.5) is 5.82 Å². The number of nitrogens with zero attached hydrogens (tertiary/aromatic N) is 2. The third-order valence-corrected chi connectivity index (χ3v) is 6.96. The Morgan fingerprint density at radius 2 is 1.59 bits per heavy atom. The molecular weight excluding hydrogens is 470 g/mol. The Balaban J connectivity index is 1.50. The zero-order valence-corrected chi connectivity index (χ0v) is 20.1. The number of aromatic hydroxyl groups is 1. The average molecular weight is 494 g/mol. The first-order valence-electron chi connectivity index (χ1n) is 11.7. The minimum absolute atomic E-state index is 0.0890. The van der Waals surface area contributed by atoms with Crippen molar-refractivity contribution in [3.63, 3.8) is 0 Å². The van der Waals surface area contributed by atoms with Gasteiger partial charge in [0.05, 0.1) is 17.1 Å². The van der Waals surface area contributed by atoms with E-state index in [4.69, 9.17) is 4.74 Å².